The maximum atomic E-state index is 14.6. The van der Waals surface area contributed by atoms with Crippen LogP contribution in [-0.4, -0.2) is 64.1 Å². The SMILES string of the molecule is CC1(C)CCCN1C(=O)CCC(=O)N1Cc2cc(F)ccc2C[C@H]1C(=O)N[C@@H](CCN)C(=O)Nc1ccc(Cl)c(Cl)c1F. The lowest BCUT2D eigenvalue weighted by atomic mass is 9.92. The van der Waals surface area contributed by atoms with Crippen molar-refractivity contribution in [3.05, 3.63) is 63.1 Å². The van der Waals surface area contributed by atoms with Gasteiger partial charge < -0.3 is 26.2 Å². The summed E-state index contributed by atoms with van der Waals surface area (Å²) < 4.78 is 28.6. The predicted molar refractivity (Wildman–Crippen MR) is 159 cm³/mol. The van der Waals surface area contributed by atoms with Crippen LogP contribution in [0.3, 0.4) is 0 Å². The third kappa shape index (κ3) is 7.45. The van der Waals surface area contributed by atoms with Gasteiger partial charge in [-0.2, -0.15) is 0 Å². The van der Waals surface area contributed by atoms with Crippen LogP contribution in [0.2, 0.25) is 10.0 Å². The van der Waals surface area contributed by atoms with Crippen molar-refractivity contribution in [1.82, 2.24) is 15.1 Å². The number of fused-ring (bicyclic) bond motifs is 1. The minimum atomic E-state index is -1.17. The monoisotopic (exact) mass is 637 g/mol. The first-order valence-electron chi connectivity index (χ1n) is 14.1. The van der Waals surface area contributed by atoms with E-state index in [0.717, 1.165) is 12.8 Å². The number of rotatable bonds is 9. The van der Waals surface area contributed by atoms with Crippen LogP contribution in [0.1, 0.15) is 57.1 Å². The molecule has 0 saturated carbocycles. The van der Waals surface area contributed by atoms with Gasteiger partial charge in [0.15, 0.2) is 5.82 Å². The van der Waals surface area contributed by atoms with Crippen LogP contribution in [-0.2, 0) is 32.1 Å². The van der Waals surface area contributed by atoms with Crippen molar-refractivity contribution in [2.24, 2.45) is 5.73 Å². The normalized spacial score (nSPS) is 18.2. The van der Waals surface area contributed by atoms with E-state index < -0.39 is 41.4 Å². The highest BCUT2D eigenvalue weighted by molar-refractivity contribution is 6.42. The zero-order chi connectivity index (χ0) is 31.5. The molecule has 0 bridgehead atoms. The van der Waals surface area contributed by atoms with Gasteiger partial charge in [-0.05, 0) is 75.0 Å². The molecule has 2 aliphatic heterocycles. The third-order valence-electron chi connectivity index (χ3n) is 8.06. The molecule has 13 heteroatoms. The fourth-order valence-electron chi connectivity index (χ4n) is 5.66. The molecule has 0 radical (unpaired) electrons. The van der Waals surface area contributed by atoms with Gasteiger partial charge in [0.05, 0.1) is 15.7 Å². The zero-order valence-electron chi connectivity index (χ0n) is 24.0. The van der Waals surface area contributed by atoms with Crippen molar-refractivity contribution >= 4 is 52.5 Å². The van der Waals surface area contributed by atoms with Gasteiger partial charge in [-0.1, -0.05) is 29.3 Å². The first-order valence-corrected chi connectivity index (χ1v) is 14.9. The highest BCUT2D eigenvalue weighted by atomic mass is 35.5. The summed E-state index contributed by atoms with van der Waals surface area (Å²) in [6.07, 6.45) is 1.68. The minimum absolute atomic E-state index is 0.0170. The van der Waals surface area contributed by atoms with E-state index >= 15 is 0 Å². The molecule has 2 aromatic carbocycles. The van der Waals surface area contributed by atoms with Gasteiger partial charge in [0.2, 0.25) is 23.6 Å². The second-order valence-corrected chi connectivity index (χ2v) is 12.3. The Bertz CT molecular complexity index is 1420. The molecule has 0 aliphatic carbocycles. The van der Waals surface area contributed by atoms with Crippen molar-refractivity contribution in [3.8, 4) is 0 Å². The number of nitrogens with two attached hydrogens (primary N) is 1. The molecule has 2 heterocycles. The Morgan fingerprint density at radius 3 is 2.47 bits per heavy atom. The Hall–Kier alpha value is -3.28. The molecular weight excluding hydrogens is 603 g/mol. The van der Waals surface area contributed by atoms with E-state index in [1.165, 1.54) is 29.2 Å². The van der Waals surface area contributed by atoms with E-state index in [0.29, 0.717) is 17.7 Å². The number of carbonyl (C=O) groups excluding carboxylic acids is 4. The lowest BCUT2D eigenvalue weighted by Crippen LogP contribution is -2.56. The number of likely N-dealkylation sites (tertiary alicyclic amines) is 1. The predicted octanol–water partition coefficient (Wildman–Crippen LogP) is 4.18. The van der Waals surface area contributed by atoms with E-state index in [4.69, 9.17) is 28.9 Å². The van der Waals surface area contributed by atoms with Gasteiger partial charge in [-0.3, -0.25) is 19.2 Å². The molecule has 232 valence electrons. The highest BCUT2D eigenvalue weighted by Crippen LogP contribution is 2.31. The largest absolute Gasteiger partial charge is 0.342 e. The molecule has 1 saturated heterocycles. The topological polar surface area (TPSA) is 125 Å². The summed E-state index contributed by atoms with van der Waals surface area (Å²) in [6.45, 7) is 4.57. The summed E-state index contributed by atoms with van der Waals surface area (Å²) >= 11 is 11.7. The molecule has 43 heavy (non-hydrogen) atoms. The van der Waals surface area contributed by atoms with Crippen LogP contribution in [0.4, 0.5) is 14.5 Å². The van der Waals surface area contributed by atoms with Crippen LogP contribution in [0, 0.1) is 11.6 Å². The molecule has 4 amide bonds. The van der Waals surface area contributed by atoms with E-state index in [2.05, 4.69) is 10.6 Å². The Labute approximate surface area is 259 Å². The van der Waals surface area contributed by atoms with Gasteiger partial charge in [-0.15, -0.1) is 0 Å². The molecule has 9 nitrogen and oxygen atoms in total. The summed E-state index contributed by atoms with van der Waals surface area (Å²) in [7, 11) is 0. The number of anilines is 1. The Morgan fingerprint density at radius 1 is 1.07 bits per heavy atom. The smallest absolute Gasteiger partial charge is 0.247 e. The average Bonchev–Trinajstić information content (AvgIpc) is 3.33. The molecule has 4 rings (SSSR count). The van der Waals surface area contributed by atoms with E-state index in [-0.39, 0.29) is 66.0 Å². The van der Waals surface area contributed by atoms with Gasteiger partial charge in [0.1, 0.15) is 17.9 Å². The Balaban J connectivity index is 1.51. The number of nitrogens with zero attached hydrogens (tertiary/aromatic N) is 2. The second-order valence-electron chi connectivity index (χ2n) is 11.5. The van der Waals surface area contributed by atoms with Crippen LogP contribution < -0.4 is 16.4 Å². The van der Waals surface area contributed by atoms with Gasteiger partial charge in [0.25, 0.3) is 0 Å². The van der Waals surface area contributed by atoms with Crippen LogP contribution in [0.15, 0.2) is 30.3 Å². The van der Waals surface area contributed by atoms with Crippen LogP contribution in [0.5, 0.6) is 0 Å². The zero-order valence-corrected chi connectivity index (χ0v) is 25.5. The molecule has 0 aromatic heterocycles. The number of hydrogen-bond donors (Lipinski definition) is 3. The lowest BCUT2D eigenvalue weighted by Gasteiger charge is -2.37. The van der Waals surface area contributed by atoms with Crippen LogP contribution in [0.25, 0.3) is 0 Å². The number of amides is 4. The van der Waals surface area contributed by atoms with Crippen molar-refractivity contribution < 1.29 is 28.0 Å². The Morgan fingerprint density at radius 2 is 1.79 bits per heavy atom. The maximum absolute atomic E-state index is 14.6. The standard InChI is InChI=1S/C30H35Cl2F2N5O4/c1-30(2)11-3-13-39(30)25(41)9-8-24(40)38-16-18-14-19(33)5-4-17(18)15-23(38)29(43)37-22(10-12-35)28(42)36-21-7-6-20(31)26(32)27(21)34/h4-7,14,22-23H,3,8-13,15-16,35H2,1-2H3,(H,36,42)(H,37,43)/t22-,23-/m0/s1. The van der Waals surface area contributed by atoms with Crippen molar-refractivity contribution in [2.45, 2.75) is 76.5 Å². The summed E-state index contributed by atoms with van der Waals surface area (Å²) in [4.78, 5) is 56.3. The Kier molecular flexibility index (Phi) is 10.3. The minimum Gasteiger partial charge on any atom is -0.342 e. The van der Waals surface area contributed by atoms with Crippen molar-refractivity contribution in [3.63, 3.8) is 0 Å². The molecule has 4 N–H and O–H groups in total. The maximum Gasteiger partial charge on any atom is 0.247 e. The molecule has 2 aliphatic rings. The summed E-state index contributed by atoms with van der Waals surface area (Å²) in [5, 5.41) is 4.65. The third-order valence-corrected chi connectivity index (χ3v) is 8.84. The van der Waals surface area contributed by atoms with Gasteiger partial charge in [-0.25, -0.2) is 8.78 Å². The summed E-state index contributed by atoms with van der Waals surface area (Å²) in [6, 6.07) is 4.50. The van der Waals surface area contributed by atoms with Gasteiger partial charge in [0, 0.05) is 37.9 Å². The number of halogens is 4. The number of benzene rings is 2. The lowest BCUT2D eigenvalue weighted by molar-refractivity contribution is -0.144. The van der Waals surface area contributed by atoms with E-state index in [1.54, 1.807) is 11.0 Å². The summed E-state index contributed by atoms with van der Waals surface area (Å²) in [5.74, 6) is -3.38. The number of carbonyl (C=O) groups is 4. The van der Waals surface area contributed by atoms with E-state index in [9.17, 15) is 28.0 Å². The first-order chi connectivity index (χ1) is 20.3. The summed E-state index contributed by atoms with van der Waals surface area (Å²) in [5.41, 5.74) is 6.41. The van der Waals surface area contributed by atoms with E-state index in [1.807, 2.05) is 13.8 Å². The van der Waals surface area contributed by atoms with Crippen molar-refractivity contribution in [1.29, 1.82) is 0 Å². The second kappa shape index (κ2) is 13.6. The number of nitrogens with one attached hydrogen (secondary N) is 2. The van der Waals surface area contributed by atoms with Gasteiger partial charge >= 0.3 is 0 Å². The molecule has 1 fully saturated rings. The highest BCUT2D eigenvalue weighted by Gasteiger charge is 2.38. The van der Waals surface area contributed by atoms with Crippen LogP contribution >= 0.6 is 23.2 Å². The van der Waals surface area contributed by atoms with Crippen molar-refractivity contribution in [2.75, 3.05) is 18.4 Å². The number of hydrogen-bond acceptors (Lipinski definition) is 5. The molecule has 2 atom stereocenters. The average molecular weight is 639 g/mol. The molecule has 0 spiro atoms. The molecular formula is C30H35Cl2F2N5O4. The fraction of sp³-hybridized carbons (Fsp3) is 0.467. The first kappa shape index (κ1) is 32.6. The quantitative estimate of drug-likeness (QED) is 0.356. The molecule has 0 unspecified atom stereocenters. The fourth-order valence-corrected chi connectivity index (χ4v) is 5.97. The molecule has 2 aromatic rings.